The SMILES string of the molecule is c1nc(NC2CCCCCC2)c2sccc2n1. The van der Waals surface area contributed by atoms with Gasteiger partial charge in [0.05, 0.1) is 10.2 Å². The molecule has 0 spiro atoms. The van der Waals surface area contributed by atoms with Gasteiger partial charge in [-0.3, -0.25) is 0 Å². The maximum absolute atomic E-state index is 4.39. The molecule has 0 amide bonds. The second-order valence-electron chi connectivity index (χ2n) is 4.69. The van der Waals surface area contributed by atoms with Gasteiger partial charge >= 0.3 is 0 Å². The highest BCUT2D eigenvalue weighted by atomic mass is 32.1. The summed E-state index contributed by atoms with van der Waals surface area (Å²) < 4.78 is 1.19. The molecule has 17 heavy (non-hydrogen) atoms. The van der Waals surface area contributed by atoms with E-state index < -0.39 is 0 Å². The van der Waals surface area contributed by atoms with E-state index in [1.54, 1.807) is 17.7 Å². The van der Waals surface area contributed by atoms with Crippen molar-refractivity contribution in [3.05, 3.63) is 17.8 Å². The monoisotopic (exact) mass is 247 g/mol. The lowest BCUT2D eigenvalue weighted by Crippen LogP contribution is -2.19. The van der Waals surface area contributed by atoms with Gasteiger partial charge in [-0.25, -0.2) is 9.97 Å². The molecule has 90 valence electrons. The molecule has 1 aliphatic carbocycles. The van der Waals surface area contributed by atoms with Crippen molar-refractivity contribution in [2.75, 3.05) is 5.32 Å². The zero-order valence-electron chi connectivity index (χ0n) is 9.85. The van der Waals surface area contributed by atoms with E-state index in [1.165, 1.54) is 43.2 Å². The lowest BCUT2D eigenvalue weighted by Gasteiger charge is -2.16. The molecule has 3 nitrogen and oxygen atoms in total. The Morgan fingerprint density at radius 3 is 2.76 bits per heavy atom. The summed E-state index contributed by atoms with van der Waals surface area (Å²) >= 11 is 1.72. The zero-order valence-corrected chi connectivity index (χ0v) is 10.7. The van der Waals surface area contributed by atoms with Gasteiger partial charge in [0.2, 0.25) is 0 Å². The second-order valence-corrected chi connectivity index (χ2v) is 5.61. The second kappa shape index (κ2) is 5.00. The van der Waals surface area contributed by atoms with Crippen molar-refractivity contribution in [2.24, 2.45) is 0 Å². The van der Waals surface area contributed by atoms with Crippen LogP contribution in [0.4, 0.5) is 5.82 Å². The summed E-state index contributed by atoms with van der Waals surface area (Å²) in [6.07, 6.45) is 9.67. The van der Waals surface area contributed by atoms with Crippen LogP contribution in [0, 0.1) is 0 Å². The quantitative estimate of drug-likeness (QED) is 0.820. The molecule has 0 aliphatic heterocycles. The number of anilines is 1. The van der Waals surface area contributed by atoms with Gasteiger partial charge < -0.3 is 5.32 Å². The summed E-state index contributed by atoms with van der Waals surface area (Å²) in [6, 6.07) is 2.65. The predicted molar refractivity (Wildman–Crippen MR) is 72.5 cm³/mol. The average molecular weight is 247 g/mol. The number of rotatable bonds is 2. The predicted octanol–water partition coefficient (Wildman–Crippen LogP) is 3.83. The topological polar surface area (TPSA) is 37.8 Å². The van der Waals surface area contributed by atoms with Crippen LogP contribution in [-0.2, 0) is 0 Å². The van der Waals surface area contributed by atoms with Crippen LogP contribution in [0.15, 0.2) is 17.8 Å². The van der Waals surface area contributed by atoms with E-state index in [0.717, 1.165) is 11.3 Å². The smallest absolute Gasteiger partial charge is 0.147 e. The summed E-state index contributed by atoms with van der Waals surface area (Å²) in [5.74, 6) is 1.02. The summed E-state index contributed by atoms with van der Waals surface area (Å²) in [6.45, 7) is 0. The highest BCUT2D eigenvalue weighted by Gasteiger charge is 2.14. The zero-order chi connectivity index (χ0) is 11.5. The van der Waals surface area contributed by atoms with Crippen molar-refractivity contribution in [1.29, 1.82) is 0 Å². The Balaban J connectivity index is 1.81. The highest BCUT2D eigenvalue weighted by molar-refractivity contribution is 7.17. The van der Waals surface area contributed by atoms with Crippen molar-refractivity contribution in [3.8, 4) is 0 Å². The average Bonchev–Trinajstić information content (AvgIpc) is 2.69. The molecule has 1 saturated carbocycles. The molecule has 3 rings (SSSR count). The van der Waals surface area contributed by atoms with Gasteiger partial charge in [0, 0.05) is 6.04 Å². The molecule has 1 fully saturated rings. The molecule has 0 atom stereocenters. The molecule has 2 aromatic heterocycles. The highest BCUT2D eigenvalue weighted by Crippen LogP contribution is 2.27. The van der Waals surface area contributed by atoms with E-state index in [1.807, 2.05) is 0 Å². The van der Waals surface area contributed by atoms with Crippen LogP contribution in [0.5, 0.6) is 0 Å². The lowest BCUT2D eigenvalue weighted by molar-refractivity contribution is 0.618. The Bertz CT molecular complexity index is 486. The fourth-order valence-electron chi connectivity index (χ4n) is 2.51. The van der Waals surface area contributed by atoms with Crippen LogP contribution in [0.2, 0.25) is 0 Å². The Labute approximate surface area is 105 Å². The maximum atomic E-state index is 4.39. The summed E-state index contributed by atoms with van der Waals surface area (Å²) in [5.41, 5.74) is 1.06. The van der Waals surface area contributed by atoms with Crippen molar-refractivity contribution in [3.63, 3.8) is 0 Å². The van der Waals surface area contributed by atoms with E-state index in [9.17, 15) is 0 Å². The van der Waals surface area contributed by atoms with Crippen LogP contribution in [0.1, 0.15) is 38.5 Å². The van der Waals surface area contributed by atoms with E-state index in [2.05, 4.69) is 26.7 Å². The molecule has 2 aromatic rings. The normalized spacial score (nSPS) is 18.1. The number of aromatic nitrogens is 2. The third kappa shape index (κ3) is 2.41. The maximum Gasteiger partial charge on any atom is 0.147 e. The first-order valence-corrected chi connectivity index (χ1v) is 7.26. The molecule has 0 unspecified atom stereocenters. The lowest BCUT2D eigenvalue weighted by atomic mass is 10.1. The number of nitrogens with one attached hydrogen (secondary N) is 1. The number of hydrogen-bond acceptors (Lipinski definition) is 4. The van der Waals surface area contributed by atoms with Gasteiger partial charge in [-0.1, -0.05) is 25.7 Å². The van der Waals surface area contributed by atoms with Gasteiger partial charge in [-0.2, -0.15) is 0 Å². The third-order valence-electron chi connectivity index (χ3n) is 3.44. The van der Waals surface area contributed by atoms with E-state index in [4.69, 9.17) is 0 Å². The van der Waals surface area contributed by atoms with Crippen molar-refractivity contribution < 1.29 is 0 Å². The Morgan fingerprint density at radius 2 is 1.94 bits per heavy atom. The van der Waals surface area contributed by atoms with Gasteiger partial charge in [0.15, 0.2) is 0 Å². The number of hydrogen-bond donors (Lipinski definition) is 1. The van der Waals surface area contributed by atoms with Crippen molar-refractivity contribution in [1.82, 2.24) is 9.97 Å². The van der Waals surface area contributed by atoms with Crippen LogP contribution in [-0.4, -0.2) is 16.0 Å². The standard InChI is InChI=1S/C13H17N3S/c1-2-4-6-10(5-3-1)16-13-12-11(7-8-17-12)14-9-15-13/h7-10H,1-6H2,(H,14,15,16). The van der Waals surface area contributed by atoms with E-state index in [0.29, 0.717) is 6.04 Å². The summed E-state index contributed by atoms with van der Waals surface area (Å²) in [4.78, 5) is 8.66. The minimum Gasteiger partial charge on any atom is -0.366 e. The molecule has 0 bridgehead atoms. The van der Waals surface area contributed by atoms with Gasteiger partial charge in [-0.05, 0) is 24.3 Å². The molecule has 1 N–H and O–H groups in total. The van der Waals surface area contributed by atoms with Gasteiger partial charge in [0.1, 0.15) is 12.1 Å². The first kappa shape index (κ1) is 11.0. The molecule has 0 radical (unpaired) electrons. The van der Waals surface area contributed by atoms with Gasteiger partial charge in [-0.15, -0.1) is 11.3 Å². The molecule has 0 saturated heterocycles. The Hall–Kier alpha value is -1.16. The summed E-state index contributed by atoms with van der Waals surface area (Å²) in [5, 5.41) is 5.69. The van der Waals surface area contributed by atoms with Crippen LogP contribution < -0.4 is 5.32 Å². The third-order valence-corrected chi connectivity index (χ3v) is 4.35. The molecule has 4 heteroatoms. The molecular weight excluding hydrogens is 230 g/mol. The fraction of sp³-hybridized carbons (Fsp3) is 0.538. The molecule has 2 heterocycles. The fourth-order valence-corrected chi connectivity index (χ4v) is 3.31. The van der Waals surface area contributed by atoms with Crippen LogP contribution in [0.3, 0.4) is 0 Å². The number of thiophene rings is 1. The molecule has 0 aromatic carbocycles. The first-order chi connectivity index (χ1) is 8.43. The Morgan fingerprint density at radius 1 is 1.12 bits per heavy atom. The van der Waals surface area contributed by atoms with Crippen molar-refractivity contribution in [2.45, 2.75) is 44.6 Å². The van der Waals surface area contributed by atoms with Crippen LogP contribution >= 0.6 is 11.3 Å². The number of fused-ring (bicyclic) bond motifs is 1. The first-order valence-electron chi connectivity index (χ1n) is 6.38. The minimum absolute atomic E-state index is 0.595. The van der Waals surface area contributed by atoms with Crippen molar-refractivity contribution >= 4 is 27.4 Å². The van der Waals surface area contributed by atoms with E-state index in [-0.39, 0.29) is 0 Å². The minimum atomic E-state index is 0.595. The van der Waals surface area contributed by atoms with Gasteiger partial charge in [0.25, 0.3) is 0 Å². The molecular formula is C13H17N3S. The largest absolute Gasteiger partial charge is 0.366 e. The molecule has 1 aliphatic rings. The van der Waals surface area contributed by atoms with E-state index >= 15 is 0 Å². The Kier molecular flexibility index (Phi) is 3.22. The van der Waals surface area contributed by atoms with Crippen LogP contribution in [0.25, 0.3) is 10.2 Å². The number of nitrogens with zero attached hydrogens (tertiary/aromatic N) is 2. The summed E-state index contributed by atoms with van der Waals surface area (Å²) in [7, 11) is 0.